The number of piperazine rings is 1. The topological polar surface area (TPSA) is 70.5 Å². The minimum absolute atomic E-state index is 0. The third-order valence-corrected chi connectivity index (χ3v) is 5.38. The van der Waals surface area contributed by atoms with Gasteiger partial charge in [0.15, 0.2) is 0 Å². The van der Waals surface area contributed by atoms with E-state index in [9.17, 15) is 9.59 Å². The number of hydrogen-bond acceptors (Lipinski definition) is 4. The largest absolute Gasteiger partial charge is 0.341 e. The van der Waals surface area contributed by atoms with Crippen molar-refractivity contribution in [2.45, 2.75) is 39.7 Å². The predicted molar refractivity (Wildman–Crippen MR) is 107 cm³/mol. The molecular weight excluding hydrogens is 366 g/mol. The second kappa shape index (κ2) is 8.61. The molecule has 2 fully saturated rings. The van der Waals surface area contributed by atoms with E-state index >= 15 is 0 Å². The summed E-state index contributed by atoms with van der Waals surface area (Å²) in [5.41, 5.74) is -0.407. The zero-order valence-corrected chi connectivity index (χ0v) is 17.6. The van der Waals surface area contributed by atoms with Crippen LogP contribution in [-0.4, -0.2) is 63.9 Å². The number of imidazole rings is 1. The van der Waals surface area contributed by atoms with Gasteiger partial charge in [-0.05, 0) is 12.8 Å². The van der Waals surface area contributed by atoms with Gasteiger partial charge < -0.3 is 19.7 Å². The number of amides is 2. The van der Waals surface area contributed by atoms with Gasteiger partial charge >= 0.3 is 0 Å². The van der Waals surface area contributed by atoms with E-state index in [4.69, 9.17) is 0 Å². The second-order valence-electron chi connectivity index (χ2n) is 8.49. The van der Waals surface area contributed by atoms with Crippen LogP contribution in [0.25, 0.3) is 0 Å². The zero-order valence-electron chi connectivity index (χ0n) is 16.8. The standard InChI is InChI=1S/C19H31N5O2.ClH/c1-19(2,3)18(26)23-9-5-6-14(13-23)17(25)24-11-7-20-12-15(24)16-21-8-10-22(16)4;/h8,10,14-15,20H,5-7,9,11-13H2,1-4H3;1H. The molecule has 2 atom stereocenters. The van der Waals surface area contributed by atoms with Crippen LogP contribution in [0, 0.1) is 11.3 Å². The smallest absolute Gasteiger partial charge is 0.228 e. The minimum atomic E-state index is -0.407. The molecule has 0 saturated carbocycles. The second-order valence-corrected chi connectivity index (χ2v) is 8.49. The zero-order chi connectivity index (χ0) is 18.9. The van der Waals surface area contributed by atoms with E-state index in [0.717, 1.165) is 31.8 Å². The van der Waals surface area contributed by atoms with Crippen molar-refractivity contribution < 1.29 is 9.59 Å². The Morgan fingerprint density at radius 1 is 1.26 bits per heavy atom. The average molecular weight is 398 g/mol. The van der Waals surface area contributed by atoms with Gasteiger partial charge in [-0.25, -0.2) is 4.98 Å². The molecule has 152 valence electrons. The normalized spacial score (nSPS) is 23.7. The van der Waals surface area contributed by atoms with Crippen molar-refractivity contribution in [1.82, 2.24) is 24.7 Å². The van der Waals surface area contributed by atoms with E-state index in [-0.39, 0.29) is 36.2 Å². The van der Waals surface area contributed by atoms with Crippen LogP contribution in [0.5, 0.6) is 0 Å². The summed E-state index contributed by atoms with van der Waals surface area (Å²) < 4.78 is 1.98. The van der Waals surface area contributed by atoms with E-state index in [1.54, 1.807) is 6.20 Å². The van der Waals surface area contributed by atoms with E-state index in [1.165, 1.54) is 0 Å². The maximum absolute atomic E-state index is 13.3. The van der Waals surface area contributed by atoms with Crippen LogP contribution < -0.4 is 5.32 Å². The van der Waals surface area contributed by atoms with E-state index in [2.05, 4.69) is 10.3 Å². The summed E-state index contributed by atoms with van der Waals surface area (Å²) >= 11 is 0. The van der Waals surface area contributed by atoms with Gasteiger partial charge in [0.05, 0.1) is 5.92 Å². The maximum Gasteiger partial charge on any atom is 0.228 e. The van der Waals surface area contributed by atoms with Gasteiger partial charge in [0.2, 0.25) is 11.8 Å². The third-order valence-electron chi connectivity index (χ3n) is 5.38. The Bertz CT molecular complexity index is 669. The molecule has 1 N–H and O–H groups in total. The number of piperidine rings is 1. The molecule has 1 aromatic heterocycles. The molecular formula is C19H32ClN5O2. The van der Waals surface area contributed by atoms with Crippen LogP contribution in [0.2, 0.25) is 0 Å². The van der Waals surface area contributed by atoms with Crippen LogP contribution in [-0.2, 0) is 16.6 Å². The average Bonchev–Trinajstić information content (AvgIpc) is 3.05. The van der Waals surface area contributed by atoms with E-state index < -0.39 is 5.41 Å². The molecule has 0 aliphatic carbocycles. The molecule has 7 nitrogen and oxygen atoms in total. The summed E-state index contributed by atoms with van der Waals surface area (Å²) in [6.07, 6.45) is 5.43. The Kier molecular flexibility index (Phi) is 6.92. The van der Waals surface area contributed by atoms with Crippen molar-refractivity contribution in [2.24, 2.45) is 18.4 Å². The highest BCUT2D eigenvalue weighted by Crippen LogP contribution is 2.28. The molecule has 2 aliphatic heterocycles. The van der Waals surface area contributed by atoms with Crippen molar-refractivity contribution in [2.75, 3.05) is 32.7 Å². The highest BCUT2D eigenvalue weighted by molar-refractivity contribution is 5.85. The summed E-state index contributed by atoms with van der Waals surface area (Å²) in [7, 11) is 1.96. The Balaban J connectivity index is 0.00000261. The van der Waals surface area contributed by atoms with Crippen molar-refractivity contribution in [3.05, 3.63) is 18.2 Å². The SMILES string of the molecule is Cl.Cn1ccnc1C1CNCCN1C(=O)C1CCCN(C(=O)C(C)(C)C)C1. The summed E-state index contributed by atoms with van der Waals surface area (Å²) in [4.78, 5) is 34.3. The quantitative estimate of drug-likeness (QED) is 0.822. The lowest BCUT2D eigenvalue weighted by Gasteiger charge is -2.41. The number of halogens is 1. The molecule has 0 radical (unpaired) electrons. The number of aryl methyl sites for hydroxylation is 1. The molecule has 1 aromatic rings. The van der Waals surface area contributed by atoms with Crippen molar-refractivity contribution >= 4 is 24.2 Å². The fraction of sp³-hybridized carbons (Fsp3) is 0.737. The first kappa shape index (κ1) is 21.7. The molecule has 0 aromatic carbocycles. The molecule has 2 aliphatic rings. The first-order valence-corrected chi connectivity index (χ1v) is 9.57. The van der Waals surface area contributed by atoms with Crippen LogP contribution in [0.15, 0.2) is 12.4 Å². The molecule has 27 heavy (non-hydrogen) atoms. The first-order valence-electron chi connectivity index (χ1n) is 9.57. The number of rotatable bonds is 2. The number of carbonyl (C=O) groups is 2. The number of likely N-dealkylation sites (tertiary alicyclic amines) is 1. The summed E-state index contributed by atoms with van der Waals surface area (Å²) in [6.45, 7) is 9.30. The monoisotopic (exact) mass is 397 g/mol. The van der Waals surface area contributed by atoms with Gasteiger partial charge in [-0.2, -0.15) is 0 Å². The Labute approximate surface area is 167 Å². The van der Waals surface area contributed by atoms with Crippen LogP contribution >= 0.6 is 12.4 Å². The fourth-order valence-corrected chi connectivity index (χ4v) is 3.97. The lowest BCUT2D eigenvalue weighted by Crippen LogP contribution is -2.54. The number of nitrogens with one attached hydrogen (secondary N) is 1. The molecule has 2 unspecified atom stereocenters. The number of hydrogen-bond donors (Lipinski definition) is 1. The van der Waals surface area contributed by atoms with Gasteiger partial charge in [-0.1, -0.05) is 20.8 Å². The maximum atomic E-state index is 13.3. The van der Waals surface area contributed by atoms with Crippen LogP contribution in [0.3, 0.4) is 0 Å². The molecule has 2 saturated heterocycles. The fourth-order valence-electron chi connectivity index (χ4n) is 3.97. The summed E-state index contributed by atoms with van der Waals surface area (Å²) in [5, 5.41) is 3.37. The molecule has 3 heterocycles. The molecule has 3 rings (SSSR count). The number of carbonyl (C=O) groups excluding carboxylic acids is 2. The van der Waals surface area contributed by atoms with Crippen molar-refractivity contribution in [3.63, 3.8) is 0 Å². The highest BCUT2D eigenvalue weighted by Gasteiger charge is 2.38. The minimum Gasteiger partial charge on any atom is -0.341 e. The van der Waals surface area contributed by atoms with Crippen molar-refractivity contribution in [1.29, 1.82) is 0 Å². The Morgan fingerprint density at radius 2 is 2.00 bits per heavy atom. The van der Waals surface area contributed by atoms with Crippen LogP contribution in [0.4, 0.5) is 0 Å². The molecule has 8 heteroatoms. The van der Waals surface area contributed by atoms with E-state index in [1.807, 2.05) is 48.4 Å². The van der Waals surface area contributed by atoms with Gasteiger partial charge in [0.1, 0.15) is 11.9 Å². The molecule has 0 bridgehead atoms. The van der Waals surface area contributed by atoms with Gasteiger partial charge in [0, 0.05) is 57.6 Å². The van der Waals surface area contributed by atoms with Gasteiger partial charge in [-0.3, -0.25) is 9.59 Å². The van der Waals surface area contributed by atoms with Crippen molar-refractivity contribution in [3.8, 4) is 0 Å². The lowest BCUT2D eigenvalue weighted by molar-refractivity contribution is -0.147. The predicted octanol–water partition coefficient (Wildman–Crippen LogP) is 1.60. The summed E-state index contributed by atoms with van der Waals surface area (Å²) in [6, 6.07) is -0.0510. The highest BCUT2D eigenvalue weighted by atomic mass is 35.5. The van der Waals surface area contributed by atoms with E-state index in [0.29, 0.717) is 19.6 Å². The van der Waals surface area contributed by atoms with Crippen LogP contribution in [0.1, 0.15) is 45.5 Å². The Hall–Kier alpha value is -1.60. The molecule has 0 spiro atoms. The first-order chi connectivity index (χ1) is 12.3. The lowest BCUT2D eigenvalue weighted by atomic mass is 9.90. The number of nitrogens with zero attached hydrogens (tertiary/aromatic N) is 4. The Morgan fingerprint density at radius 3 is 2.63 bits per heavy atom. The number of aromatic nitrogens is 2. The summed E-state index contributed by atoms with van der Waals surface area (Å²) in [5.74, 6) is 1.08. The molecule has 2 amide bonds. The van der Waals surface area contributed by atoms with Gasteiger partial charge in [0.25, 0.3) is 0 Å². The third kappa shape index (κ3) is 4.63. The van der Waals surface area contributed by atoms with Gasteiger partial charge in [-0.15, -0.1) is 12.4 Å².